The number of hydrogen-bond donors (Lipinski definition) is 1. The molecule has 1 aliphatic rings. The monoisotopic (exact) mass is 299 g/mol. The molecule has 17 heavy (non-hydrogen) atoms. The first kappa shape index (κ1) is 12.9. The lowest BCUT2D eigenvalue weighted by Crippen LogP contribution is -2.37. The number of nitrogens with one attached hydrogen (secondary N) is 1. The molecule has 1 fully saturated rings. The maximum Gasteiger partial charge on any atom is 0.146 e. The molecule has 0 amide bonds. The standard InChI is InChI=1S/C14H19BrFN/c1-9-4-3-5-10(2)14(9)17-13-8-11(15)6-7-12(13)16/h6-10,14,17H,3-5H2,1-2H3. The van der Waals surface area contributed by atoms with Crippen molar-refractivity contribution in [1.82, 2.24) is 0 Å². The van der Waals surface area contributed by atoms with E-state index in [2.05, 4.69) is 35.1 Å². The third-order valence-electron chi connectivity index (χ3n) is 3.80. The van der Waals surface area contributed by atoms with Gasteiger partial charge in [0.05, 0.1) is 5.69 Å². The third-order valence-corrected chi connectivity index (χ3v) is 4.29. The lowest BCUT2D eigenvalue weighted by Gasteiger charge is -2.36. The molecule has 1 nitrogen and oxygen atoms in total. The van der Waals surface area contributed by atoms with Gasteiger partial charge in [0, 0.05) is 10.5 Å². The topological polar surface area (TPSA) is 12.0 Å². The molecule has 0 heterocycles. The quantitative estimate of drug-likeness (QED) is 0.825. The van der Waals surface area contributed by atoms with E-state index in [4.69, 9.17) is 0 Å². The summed E-state index contributed by atoms with van der Waals surface area (Å²) in [5.74, 6) is 1.05. The average molecular weight is 300 g/mol. The van der Waals surface area contributed by atoms with E-state index in [-0.39, 0.29) is 5.82 Å². The van der Waals surface area contributed by atoms with Crippen LogP contribution in [-0.2, 0) is 0 Å². The summed E-state index contributed by atoms with van der Waals surface area (Å²) in [6.07, 6.45) is 3.76. The van der Waals surface area contributed by atoms with Crippen LogP contribution in [0.4, 0.5) is 10.1 Å². The van der Waals surface area contributed by atoms with Crippen molar-refractivity contribution in [2.24, 2.45) is 11.8 Å². The Bertz CT molecular complexity index is 384. The summed E-state index contributed by atoms with van der Waals surface area (Å²) in [7, 11) is 0. The smallest absolute Gasteiger partial charge is 0.146 e. The van der Waals surface area contributed by atoms with E-state index in [9.17, 15) is 4.39 Å². The van der Waals surface area contributed by atoms with E-state index in [0.717, 1.165) is 4.47 Å². The Morgan fingerprint density at radius 2 is 1.88 bits per heavy atom. The second-order valence-electron chi connectivity index (χ2n) is 5.18. The van der Waals surface area contributed by atoms with E-state index in [1.807, 2.05) is 6.07 Å². The average Bonchev–Trinajstić information content (AvgIpc) is 2.28. The van der Waals surface area contributed by atoms with Crippen molar-refractivity contribution in [1.29, 1.82) is 0 Å². The predicted octanol–water partition coefficient (Wildman–Crippen LogP) is 4.82. The molecule has 0 spiro atoms. The van der Waals surface area contributed by atoms with Crippen LogP contribution < -0.4 is 5.32 Å². The molecule has 1 N–H and O–H groups in total. The van der Waals surface area contributed by atoms with Crippen LogP contribution >= 0.6 is 15.9 Å². The van der Waals surface area contributed by atoms with Gasteiger partial charge in [0.2, 0.25) is 0 Å². The molecule has 1 aromatic carbocycles. The molecule has 2 rings (SSSR count). The summed E-state index contributed by atoms with van der Waals surface area (Å²) in [6.45, 7) is 4.51. The highest BCUT2D eigenvalue weighted by atomic mass is 79.9. The minimum absolute atomic E-state index is 0.168. The van der Waals surface area contributed by atoms with Crippen LogP contribution in [0.2, 0.25) is 0 Å². The molecule has 2 atom stereocenters. The Morgan fingerprint density at radius 3 is 2.53 bits per heavy atom. The molecular formula is C14H19BrFN. The molecular weight excluding hydrogens is 281 g/mol. The minimum atomic E-state index is -0.168. The van der Waals surface area contributed by atoms with Crippen LogP contribution in [0, 0.1) is 17.7 Å². The van der Waals surface area contributed by atoms with Crippen LogP contribution in [0.5, 0.6) is 0 Å². The Morgan fingerprint density at radius 1 is 1.24 bits per heavy atom. The molecule has 2 unspecified atom stereocenters. The van der Waals surface area contributed by atoms with E-state index in [1.165, 1.54) is 25.3 Å². The fraction of sp³-hybridized carbons (Fsp3) is 0.571. The molecule has 1 aliphatic carbocycles. The molecule has 1 saturated carbocycles. The van der Waals surface area contributed by atoms with Crippen LogP contribution in [-0.4, -0.2) is 6.04 Å². The van der Waals surface area contributed by atoms with Gasteiger partial charge in [-0.3, -0.25) is 0 Å². The van der Waals surface area contributed by atoms with Gasteiger partial charge in [-0.25, -0.2) is 4.39 Å². The minimum Gasteiger partial charge on any atom is -0.379 e. The van der Waals surface area contributed by atoms with Gasteiger partial charge in [0.15, 0.2) is 0 Å². The van der Waals surface area contributed by atoms with Crippen LogP contribution in [0.3, 0.4) is 0 Å². The largest absolute Gasteiger partial charge is 0.379 e. The van der Waals surface area contributed by atoms with Crippen molar-refractivity contribution in [3.63, 3.8) is 0 Å². The van der Waals surface area contributed by atoms with Crippen molar-refractivity contribution in [2.75, 3.05) is 5.32 Å². The normalized spacial score (nSPS) is 29.1. The fourth-order valence-corrected chi connectivity index (χ4v) is 3.12. The zero-order chi connectivity index (χ0) is 12.4. The number of benzene rings is 1. The first-order valence-electron chi connectivity index (χ1n) is 6.29. The third kappa shape index (κ3) is 3.01. The van der Waals surface area contributed by atoms with Crippen LogP contribution in [0.1, 0.15) is 33.1 Å². The molecule has 1 aromatic rings. The zero-order valence-electron chi connectivity index (χ0n) is 10.3. The van der Waals surface area contributed by atoms with E-state index >= 15 is 0 Å². The van der Waals surface area contributed by atoms with Crippen LogP contribution in [0.25, 0.3) is 0 Å². The second-order valence-corrected chi connectivity index (χ2v) is 6.10. The zero-order valence-corrected chi connectivity index (χ0v) is 11.9. The van der Waals surface area contributed by atoms with Crippen molar-refractivity contribution in [2.45, 2.75) is 39.2 Å². The summed E-state index contributed by atoms with van der Waals surface area (Å²) in [5, 5.41) is 3.38. The molecule has 0 aliphatic heterocycles. The van der Waals surface area contributed by atoms with E-state index in [1.54, 1.807) is 6.07 Å². The van der Waals surface area contributed by atoms with Gasteiger partial charge in [0.25, 0.3) is 0 Å². The van der Waals surface area contributed by atoms with Gasteiger partial charge in [-0.2, -0.15) is 0 Å². The second kappa shape index (κ2) is 5.38. The Labute approximate surface area is 111 Å². The number of hydrogen-bond acceptors (Lipinski definition) is 1. The highest BCUT2D eigenvalue weighted by molar-refractivity contribution is 9.10. The van der Waals surface area contributed by atoms with Crippen molar-refractivity contribution in [3.05, 3.63) is 28.5 Å². The molecule has 94 valence electrons. The first-order chi connectivity index (χ1) is 8.08. The summed E-state index contributed by atoms with van der Waals surface area (Å²) in [6, 6.07) is 5.44. The maximum absolute atomic E-state index is 13.7. The molecule has 3 heteroatoms. The summed E-state index contributed by atoms with van der Waals surface area (Å²) in [5.41, 5.74) is 0.616. The summed E-state index contributed by atoms with van der Waals surface area (Å²) in [4.78, 5) is 0. The van der Waals surface area contributed by atoms with E-state index < -0.39 is 0 Å². The number of halogens is 2. The van der Waals surface area contributed by atoms with Gasteiger partial charge in [-0.15, -0.1) is 0 Å². The lowest BCUT2D eigenvalue weighted by atomic mass is 9.78. The van der Waals surface area contributed by atoms with Gasteiger partial charge < -0.3 is 5.32 Å². The Kier molecular flexibility index (Phi) is 4.08. The first-order valence-corrected chi connectivity index (χ1v) is 7.09. The predicted molar refractivity (Wildman–Crippen MR) is 73.7 cm³/mol. The van der Waals surface area contributed by atoms with Crippen LogP contribution in [0.15, 0.2) is 22.7 Å². The molecule has 0 saturated heterocycles. The van der Waals surface area contributed by atoms with Gasteiger partial charge in [-0.1, -0.05) is 36.2 Å². The lowest BCUT2D eigenvalue weighted by molar-refractivity contribution is 0.267. The number of rotatable bonds is 2. The van der Waals surface area contributed by atoms with Crippen molar-refractivity contribution < 1.29 is 4.39 Å². The van der Waals surface area contributed by atoms with Crippen molar-refractivity contribution in [3.8, 4) is 0 Å². The molecule has 0 bridgehead atoms. The Balaban J connectivity index is 2.16. The van der Waals surface area contributed by atoms with Crippen molar-refractivity contribution >= 4 is 21.6 Å². The Hall–Kier alpha value is -0.570. The van der Waals surface area contributed by atoms with Gasteiger partial charge >= 0.3 is 0 Å². The highest BCUT2D eigenvalue weighted by Gasteiger charge is 2.28. The van der Waals surface area contributed by atoms with Gasteiger partial charge in [-0.05, 0) is 42.9 Å². The van der Waals surface area contributed by atoms with E-state index in [0.29, 0.717) is 23.6 Å². The molecule has 0 aromatic heterocycles. The highest BCUT2D eigenvalue weighted by Crippen LogP contribution is 2.32. The maximum atomic E-state index is 13.7. The fourth-order valence-electron chi connectivity index (χ4n) is 2.75. The summed E-state index contributed by atoms with van der Waals surface area (Å²) >= 11 is 3.38. The SMILES string of the molecule is CC1CCCC(C)C1Nc1cc(Br)ccc1F. The number of anilines is 1. The molecule has 0 radical (unpaired) electrons. The van der Waals surface area contributed by atoms with Gasteiger partial charge in [0.1, 0.15) is 5.82 Å². The summed E-state index contributed by atoms with van der Waals surface area (Å²) < 4.78 is 14.6.